The van der Waals surface area contributed by atoms with Gasteiger partial charge in [-0.2, -0.15) is 0 Å². The van der Waals surface area contributed by atoms with E-state index in [4.69, 9.17) is 0 Å². The van der Waals surface area contributed by atoms with Gasteiger partial charge < -0.3 is 0 Å². The first-order valence-corrected chi connectivity index (χ1v) is 49.0. The minimum Gasteiger partial charge on any atom is -0.0649 e. The average molecular weight is 1480 g/mol. The second kappa shape index (κ2) is 23.8. The summed E-state index contributed by atoms with van der Waals surface area (Å²) in [5.74, 6) is 13.1. The van der Waals surface area contributed by atoms with Gasteiger partial charge in [0.25, 0.3) is 0 Å². The summed E-state index contributed by atoms with van der Waals surface area (Å²) in [5.41, 5.74) is 21.4. The van der Waals surface area contributed by atoms with Gasteiger partial charge in [0, 0.05) is 0 Å². The van der Waals surface area contributed by atoms with Gasteiger partial charge in [-0.1, -0.05) is 180 Å². The third-order valence-corrected chi connectivity index (χ3v) is 42.7. The molecule has 0 saturated heterocycles. The van der Waals surface area contributed by atoms with Crippen LogP contribution in [-0.2, 0) is 39.9 Å². The highest BCUT2D eigenvalue weighted by Crippen LogP contribution is 2.82. The first-order chi connectivity index (χ1) is 53.7. The van der Waals surface area contributed by atoms with Gasteiger partial charge in [-0.15, -0.1) is 0 Å². The van der Waals surface area contributed by atoms with Crippen molar-refractivity contribution in [1.82, 2.24) is 0 Å². The molecule has 36 rings (SSSR count). The number of hydrogen-bond acceptors (Lipinski definition) is 0. The van der Waals surface area contributed by atoms with E-state index in [1.165, 1.54) is 109 Å². The molecular formula is C111H144. The molecule has 4 atom stereocenters. The van der Waals surface area contributed by atoms with Crippen molar-refractivity contribution < 1.29 is 0 Å². The summed E-state index contributed by atoms with van der Waals surface area (Å²) in [6, 6.07) is 54.9. The van der Waals surface area contributed by atoms with Crippen molar-refractivity contribution in [3.8, 4) is 0 Å². The van der Waals surface area contributed by atoms with Crippen LogP contribution in [0.15, 0.2) is 140 Å². The monoisotopic (exact) mass is 1480 g/mol. The average Bonchev–Trinajstić information content (AvgIpc) is 0.886. The lowest BCUT2D eigenvalue weighted by molar-refractivity contribution is -0.220. The van der Waals surface area contributed by atoms with Crippen molar-refractivity contribution in [3.63, 3.8) is 0 Å². The molecule has 8 spiro atoms. The van der Waals surface area contributed by atoms with Gasteiger partial charge in [-0.3, -0.25) is 0 Å². The summed E-state index contributed by atoms with van der Waals surface area (Å²) in [6.45, 7) is 7.43. The van der Waals surface area contributed by atoms with E-state index in [1.807, 2.05) is 0 Å². The van der Waals surface area contributed by atoms with Crippen LogP contribution in [-0.4, -0.2) is 0 Å². The summed E-state index contributed by atoms with van der Waals surface area (Å²) in [5, 5.41) is 0. The predicted octanol–water partition coefficient (Wildman–Crippen LogP) is 29.1. The Labute approximate surface area is 673 Å². The molecule has 0 radical (unpaired) electrons. The summed E-state index contributed by atoms with van der Waals surface area (Å²) >= 11 is 0. The van der Waals surface area contributed by atoms with Crippen molar-refractivity contribution in [3.05, 3.63) is 178 Å². The third-order valence-electron chi connectivity index (χ3n) is 42.7. The Kier molecular flexibility index (Phi) is 15.0. The van der Waals surface area contributed by atoms with Crippen LogP contribution in [0.5, 0.6) is 0 Å². The summed E-state index contributed by atoms with van der Waals surface area (Å²) in [7, 11) is 0. The molecular weight excluding hydrogens is 1330 g/mol. The lowest BCUT2D eigenvalue weighted by atomic mass is 9.32. The Morgan fingerprint density at radius 3 is 0.640 bits per heavy atom. The highest BCUT2D eigenvalue weighted by molar-refractivity contribution is 5.46. The molecule has 0 aliphatic heterocycles. The molecule has 0 amide bonds. The van der Waals surface area contributed by atoms with Crippen molar-refractivity contribution in [1.29, 1.82) is 0 Å². The molecule has 0 aromatic heterocycles. The lowest BCUT2D eigenvalue weighted by Crippen LogP contribution is -2.65. The number of rotatable bonds is 8. The summed E-state index contributed by atoms with van der Waals surface area (Å²) in [6.07, 6.45) is 77.8. The van der Waals surface area contributed by atoms with E-state index in [9.17, 15) is 0 Å². The lowest BCUT2D eigenvalue weighted by Gasteiger charge is -2.73. The zero-order valence-electron chi connectivity index (χ0n) is 70.1. The van der Waals surface area contributed by atoms with Gasteiger partial charge in [0.1, 0.15) is 0 Å². The Bertz CT molecular complexity index is 3880. The standard InChI is InChI=1S/C33H48.C30H42.C30H32.C18H22/c1-22-4-28-5-23(1)7-29(6-22,16-28)20-31-10-26-3-27(11-31)15-33(14-26,18-31)21-32-12-24-2-25(13-32)9-30(8-24,17-32)19-28;1-3-27-11-21-9-22(12-27)16-29(15-21,19-27)25-5-7-26(8-6-25)30-17-23-10-24(18-30)14-28(4-2,13-23)20-30;1-2-27-18-28(24-12-6-3-7-13-24)21-29(19-27,25-14-8-4-9-15-25)23-30(20-27,22-28)26-16-10-5-11-17-26;1-2-14-4-3-13(1)6-17-8-15-5-16(9-17)11-18(7-14,10-15)12-17/h22-27H,1-21H2;5-8,21-24H,3-4,9-20H2,1-2H3;3-17H,2,18-23H2,1H3;1-4,15-16H,5-12H2. The van der Waals surface area contributed by atoms with Gasteiger partial charge in [0.2, 0.25) is 0 Å². The fraction of sp³-hybridized carbons (Fsp3) is 0.730. The SMILES string of the molecule is C1C2CC34CC1CC(C2)(C3)CC12CC3CC(C1)CC(C3)(C2)CC12CC3CC(CC(C3)(C1)C4)C2.CCC12CC3(c4ccccc4)CC(c4ccccc4)(C1)CC(c1ccccc1)(C2)C3.CCC12CC3CC(C1)CC(c1ccc(C45CC6CC(CC(CC)(C6)C4)C5)cc1)(C3)C2.c1cc2ccc1CC13CC4CC(C1)CC(C2)(C4)C3. The van der Waals surface area contributed by atoms with Crippen molar-refractivity contribution in [2.45, 2.75) is 369 Å². The largest absolute Gasteiger partial charge is 0.0649 e. The van der Waals surface area contributed by atoms with Gasteiger partial charge in [0.05, 0.1) is 0 Å². The van der Waals surface area contributed by atoms with Crippen LogP contribution in [0, 0.1) is 131 Å². The van der Waals surface area contributed by atoms with Crippen molar-refractivity contribution >= 4 is 0 Å². The maximum Gasteiger partial charge on any atom is -0.00247 e. The molecule has 588 valence electrons. The fourth-order valence-corrected chi connectivity index (χ4v) is 44.4. The van der Waals surface area contributed by atoms with Crippen LogP contribution in [0.2, 0.25) is 0 Å². The highest BCUT2D eigenvalue weighted by Gasteiger charge is 2.72. The summed E-state index contributed by atoms with van der Waals surface area (Å²) in [4.78, 5) is 0. The molecule has 5 aromatic rings. The van der Waals surface area contributed by atoms with Crippen LogP contribution >= 0.6 is 0 Å². The topological polar surface area (TPSA) is 0 Å². The first-order valence-electron chi connectivity index (χ1n) is 49.0. The Hall–Kier alpha value is -3.90. The highest BCUT2D eigenvalue weighted by atomic mass is 14.8. The maximum atomic E-state index is 2.64. The molecule has 29 saturated carbocycles. The Balaban J connectivity index is 0.0000000858. The molecule has 29 fully saturated rings. The molecule has 4 unspecified atom stereocenters. The molecule has 111 heavy (non-hydrogen) atoms. The Morgan fingerprint density at radius 2 is 0.396 bits per heavy atom. The van der Waals surface area contributed by atoms with Crippen LogP contribution in [0.1, 0.15) is 368 Å². The van der Waals surface area contributed by atoms with Gasteiger partial charge in [0.15, 0.2) is 0 Å². The van der Waals surface area contributed by atoms with Crippen LogP contribution in [0.25, 0.3) is 0 Å². The van der Waals surface area contributed by atoms with Crippen LogP contribution < -0.4 is 0 Å². The molecule has 0 nitrogen and oxygen atoms in total. The molecule has 5 aromatic carbocycles. The first kappa shape index (κ1) is 70.1. The third kappa shape index (κ3) is 11.0. The van der Waals surface area contributed by atoms with Crippen molar-refractivity contribution in [2.75, 3.05) is 0 Å². The van der Waals surface area contributed by atoms with Crippen LogP contribution in [0.3, 0.4) is 0 Å². The second-order valence-electron chi connectivity index (χ2n) is 51.2. The molecule has 30 bridgehead atoms. The number of fused-ring (bicyclic) bond motifs is 2. The summed E-state index contributed by atoms with van der Waals surface area (Å²) < 4.78 is 0. The molecule has 0 heterocycles. The van der Waals surface area contributed by atoms with Gasteiger partial charge in [-0.25, -0.2) is 0 Å². The van der Waals surface area contributed by atoms with E-state index in [0.29, 0.717) is 37.9 Å². The minimum absolute atomic E-state index is 0.289. The minimum atomic E-state index is 0.289. The quantitative estimate of drug-likeness (QED) is 0.145. The van der Waals surface area contributed by atoms with Crippen molar-refractivity contribution in [2.24, 2.45) is 131 Å². The van der Waals surface area contributed by atoms with E-state index in [1.54, 1.807) is 251 Å². The zero-order chi connectivity index (χ0) is 73.6. The fourth-order valence-electron chi connectivity index (χ4n) is 44.4. The van der Waals surface area contributed by atoms with E-state index >= 15 is 0 Å². The Morgan fingerprint density at radius 1 is 0.189 bits per heavy atom. The van der Waals surface area contributed by atoms with Gasteiger partial charge in [-0.05, 0) is 498 Å². The number of benzene rings is 5. The maximum absolute atomic E-state index is 2.64. The van der Waals surface area contributed by atoms with Crippen LogP contribution in [0.4, 0.5) is 0 Å². The van der Waals surface area contributed by atoms with E-state index < -0.39 is 0 Å². The van der Waals surface area contributed by atoms with Gasteiger partial charge >= 0.3 is 0 Å². The molecule has 0 N–H and O–H groups in total. The predicted molar refractivity (Wildman–Crippen MR) is 455 cm³/mol. The smallest absolute Gasteiger partial charge is 0.00247 e. The second-order valence-corrected chi connectivity index (χ2v) is 51.2. The molecule has 0 heteroatoms. The molecule has 31 aliphatic carbocycles. The normalized spacial score (nSPS) is 52.7. The zero-order valence-corrected chi connectivity index (χ0v) is 70.1. The molecule has 31 aliphatic rings. The van der Waals surface area contributed by atoms with E-state index in [2.05, 4.69) is 160 Å². The number of hydrogen-bond donors (Lipinski definition) is 0. The van der Waals surface area contributed by atoms with E-state index in [-0.39, 0.29) is 16.2 Å². The van der Waals surface area contributed by atoms with E-state index in [0.717, 1.165) is 104 Å².